The minimum atomic E-state index is -0.415. The number of hydrogen-bond acceptors (Lipinski definition) is 1. The third-order valence-corrected chi connectivity index (χ3v) is 12.3. The van der Waals surface area contributed by atoms with Gasteiger partial charge in [-0.1, -0.05) is 185 Å². The summed E-state index contributed by atoms with van der Waals surface area (Å²) in [4.78, 5) is 2.54. The van der Waals surface area contributed by atoms with E-state index in [1.165, 1.54) is 83.6 Å². The molecular weight excluding hydrogens is 651 g/mol. The third-order valence-electron chi connectivity index (χ3n) is 12.3. The summed E-state index contributed by atoms with van der Waals surface area (Å²) in [5.74, 6) is 0. The van der Waals surface area contributed by atoms with Gasteiger partial charge in [0.25, 0.3) is 0 Å². The zero-order valence-electron chi connectivity index (χ0n) is 29.8. The van der Waals surface area contributed by atoms with Crippen molar-refractivity contribution in [3.63, 3.8) is 0 Å². The van der Waals surface area contributed by atoms with Crippen LogP contribution in [0.1, 0.15) is 56.1 Å². The molecule has 0 N–H and O–H groups in total. The van der Waals surface area contributed by atoms with Gasteiger partial charge in [0.1, 0.15) is 0 Å². The summed E-state index contributed by atoms with van der Waals surface area (Å²) in [5, 5.41) is 0. The van der Waals surface area contributed by atoms with E-state index in [9.17, 15) is 0 Å². The van der Waals surface area contributed by atoms with Gasteiger partial charge in [-0.05, 0) is 91.0 Å². The van der Waals surface area contributed by atoms with Crippen molar-refractivity contribution in [3.8, 4) is 44.5 Å². The molecule has 0 fully saturated rings. The first-order valence-electron chi connectivity index (χ1n) is 18.7. The predicted octanol–water partition coefficient (Wildman–Crippen LogP) is 14.4. The van der Waals surface area contributed by atoms with Gasteiger partial charge in [-0.15, -0.1) is 0 Å². The van der Waals surface area contributed by atoms with Crippen molar-refractivity contribution >= 4 is 17.1 Å². The summed E-state index contributed by atoms with van der Waals surface area (Å²) >= 11 is 0. The van der Waals surface area contributed by atoms with Crippen LogP contribution in [-0.2, 0) is 10.8 Å². The Kier molecular flexibility index (Phi) is 7.03. The average Bonchev–Trinajstić information content (AvgIpc) is 3.78. The molecule has 0 saturated heterocycles. The van der Waals surface area contributed by atoms with Crippen molar-refractivity contribution in [2.45, 2.75) is 32.1 Å². The van der Waals surface area contributed by atoms with Gasteiger partial charge in [-0.2, -0.15) is 0 Å². The molecule has 3 aliphatic rings. The van der Waals surface area contributed by atoms with E-state index in [0.29, 0.717) is 0 Å². The third kappa shape index (κ3) is 4.15. The maximum Gasteiger partial charge on any atom is 0.0726 e. The van der Waals surface area contributed by atoms with Crippen molar-refractivity contribution in [2.24, 2.45) is 0 Å². The summed E-state index contributed by atoms with van der Waals surface area (Å²) in [6, 6.07) is 70.1. The van der Waals surface area contributed by atoms with Gasteiger partial charge in [-0.25, -0.2) is 0 Å². The van der Waals surface area contributed by atoms with Crippen LogP contribution in [-0.4, -0.2) is 0 Å². The van der Waals surface area contributed by atoms with E-state index >= 15 is 0 Å². The van der Waals surface area contributed by atoms with E-state index in [1.54, 1.807) is 0 Å². The molecule has 3 aliphatic carbocycles. The molecular formula is C53H43N. The second-order valence-corrected chi connectivity index (χ2v) is 15.2. The largest absolute Gasteiger partial charge is 0.309 e. The fourth-order valence-corrected chi connectivity index (χ4v) is 10.1. The van der Waals surface area contributed by atoms with Crippen molar-refractivity contribution in [1.29, 1.82) is 0 Å². The highest BCUT2D eigenvalue weighted by atomic mass is 15.1. The Labute approximate surface area is 320 Å². The summed E-state index contributed by atoms with van der Waals surface area (Å²) in [6.45, 7) is 4.75. The Morgan fingerprint density at radius 2 is 0.833 bits per heavy atom. The average molecular weight is 694 g/mol. The lowest BCUT2D eigenvalue weighted by molar-refractivity contribution is 0.660. The SMILES string of the molecule is C.CC1(C)c2ccccc2-c2ccc(N(c3ccccc3-c3ccccc3)c3cccc4c3-c3ccccc3C43c4ccccc4-c4ccccc43)cc21.[HH]. The molecule has 8 aromatic rings. The van der Waals surface area contributed by atoms with Gasteiger partial charge in [0, 0.05) is 23.7 Å². The Morgan fingerprint density at radius 1 is 0.370 bits per heavy atom. The van der Waals surface area contributed by atoms with Gasteiger partial charge in [-0.3, -0.25) is 0 Å². The van der Waals surface area contributed by atoms with Gasteiger partial charge in [0.2, 0.25) is 0 Å². The van der Waals surface area contributed by atoms with E-state index in [-0.39, 0.29) is 14.3 Å². The molecule has 0 bridgehead atoms. The second-order valence-electron chi connectivity index (χ2n) is 15.2. The van der Waals surface area contributed by atoms with E-state index in [2.05, 4.69) is 207 Å². The summed E-state index contributed by atoms with van der Waals surface area (Å²) in [6.07, 6.45) is 0. The van der Waals surface area contributed by atoms with Crippen LogP contribution in [0.5, 0.6) is 0 Å². The number of anilines is 3. The number of nitrogens with zero attached hydrogens (tertiary/aromatic N) is 1. The minimum absolute atomic E-state index is 0. The number of para-hydroxylation sites is 1. The highest BCUT2D eigenvalue weighted by Crippen LogP contribution is 2.65. The molecule has 0 atom stereocenters. The fraction of sp³-hybridized carbons (Fsp3) is 0.0943. The molecule has 54 heavy (non-hydrogen) atoms. The molecule has 0 heterocycles. The lowest BCUT2D eigenvalue weighted by Gasteiger charge is -2.33. The van der Waals surface area contributed by atoms with Crippen molar-refractivity contribution in [1.82, 2.24) is 0 Å². The predicted molar refractivity (Wildman–Crippen MR) is 229 cm³/mol. The Balaban J connectivity index is 0.00000198. The number of hydrogen-bond donors (Lipinski definition) is 0. The van der Waals surface area contributed by atoms with Crippen molar-refractivity contribution < 1.29 is 1.43 Å². The van der Waals surface area contributed by atoms with E-state index < -0.39 is 5.41 Å². The molecule has 0 unspecified atom stereocenters. The Hall–Kier alpha value is -6.44. The van der Waals surface area contributed by atoms with Crippen LogP contribution in [0.4, 0.5) is 17.1 Å². The molecule has 0 radical (unpaired) electrons. The van der Waals surface area contributed by atoms with Crippen LogP contribution in [0.2, 0.25) is 0 Å². The lowest BCUT2D eigenvalue weighted by atomic mass is 9.70. The zero-order chi connectivity index (χ0) is 35.3. The normalized spacial score (nSPS) is 14.3. The molecule has 1 spiro atoms. The van der Waals surface area contributed by atoms with Crippen LogP contribution in [0, 0.1) is 0 Å². The topological polar surface area (TPSA) is 3.24 Å². The van der Waals surface area contributed by atoms with Crippen molar-refractivity contribution in [2.75, 3.05) is 4.90 Å². The van der Waals surface area contributed by atoms with E-state index in [1.807, 2.05) is 0 Å². The van der Waals surface area contributed by atoms with Crippen LogP contribution in [0.25, 0.3) is 44.5 Å². The number of rotatable bonds is 4. The smallest absolute Gasteiger partial charge is 0.0726 e. The molecule has 11 rings (SSSR count). The fourth-order valence-electron chi connectivity index (χ4n) is 10.1. The molecule has 8 aromatic carbocycles. The maximum atomic E-state index is 2.54. The number of fused-ring (bicyclic) bond motifs is 13. The molecule has 260 valence electrons. The Morgan fingerprint density at radius 3 is 1.50 bits per heavy atom. The standard InChI is InChI=1S/C52H37N.CH4.H2/c1-51(2)42-24-11-6-20-37(42)40-32-31-35(33-47(40)51)53(48-29-15-10-19-36(48)34-17-4-3-5-18-34)49-30-16-28-46-50(49)41-23-9-14-27-45(41)52(46)43-25-12-7-21-38(43)39-22-8-13-26-44(39)52;;/h3-33H,1-2H3;1H4;1H. The first-order valence-corrected chi connectivity index (χ1v) is 18.7. The first-order chi connectivity index (χ1) is 26.1. The zero-order valence-corrected chi connectivity index (χ0v) is 29.8. The van der Waals surface area contributed by atoms with Crippen LogP contribution in [0.3, 0.4) is 0 Å². The molecule has 0 aromatic heterocycles. The van der Waals surface area contributed by atoms with Gasteiger partial charge < -0.3 is 4.90 Å². The minimum Gasteiger partial charge on any atom is -0.309 e. The second kappa shape index (κ2) is 11.8. The monoisotopic (exact) mass is 693 g/mol. The molecule has 0 aliphatic heterocycles. The summed E-state index contributed by atoms with van der Waals surface area (Å²) in [5.41, 5.74) is 21.4. The summed E-state index contributed by atoms with van der Waals surface area (Å²) in [7, 11) is 0. The maximum absolute atomic E-state index is 2.54. The van der Waals surface area contributed by atoms with Crippen LogP contribution in [0.15, 0.2) is 188 Å². The van der Waals surface area contributed by atoms with Gasteiger partial charge >= 0.3 is 0 Å². The quantitative estimate of drug-likeness (QED) is 0.177. The highest BCUT2D eigenvalue weighted by Gasteiger charge is 2.52. The molecule has 1 nitrogen and oxygen atoms in total. The van der Waals surface area contributed by atoms with Crippen molar-refractivity contribution in [3.05, 3.63) is 221 Å². The molecule has 0 amide bonds. The van der Waals surface area contributed by atoms with Gasteiger partial charge in [0.05, 0.1) is 16.8 Å². The first kappa shape index (κ1) is 32.2. The Bertz CT molecular complexity index is 2730. The molecule has 1 heteroatoms. The van der Waals surface area contributed by atoms with Crippen LogP contribution >= 0.6 is 0 Å². The van der Waals surface area contributed by atoms with E-state index in [0.717, 1.165) is 11.4 Å². The lowest BCUT2D eigenvalue weighted by Crippen LogP contribution is -2.26. The van der Waals surface area contributed by atoms with Gasteiger partial charge in [0.15, 0.2) is 0 Å². The van der Waals surface area contributed by atoms with Crippen LogP contribution < -0.4 is 4.90 Å². The summed E-state index contributed by atoms with van der Waals surface area (Å²) < 4.78 is 0. The highest BCUT2D eigenvalue weighted by molar-refractivity contribution is 6.02. The molecule has 0 saturated carbocycles. The number of benzene rings is 8. The van der Waals surface area contributed by atoms with E-state index in [4.69, 9.17) is 0 Å².